The molecule has 0 saturated carbocycles. The van der Waals surface area contributed by atoms with Gasteiger partial charge < -0.3 is 4.90 Å². The van der Waals surface area contributed by atoms with Gasteiger partial charge in [-0.05, 0) is 55.9 Å². The zero-order valence-corrected chi connectivity index (χ0v) is 16.3. The molecule has 1 fully saturated rings. The van der Waals surface area contributed by atoms with Crippen LogP contribution in [0.1, 0.15) is 57.6 Å². The quantitative estimate of drug-likeness (QED) is 0.633. The third kappa shape index (κ3) is 5.11. The van der Waals surface area contributed by atoms with Gasteiger partial charge in [-0.1, -0.05) is 44.9 Å². The highest BCUT2D eigenvalue weighted by Crippen LogP contribution is 2.24. The van der Waals surface area contributed by atoms with Gasteiger partial charge in [0.05, 0.1) is 0 Å². The maximum Gasteiger partial charge on any atom is 0.0370 e. The number of rotatable bonds is 8. The minimum atomic E-state index is 0.892. The molecule has 0 aromatic heterocycles. The van der Waals surface area contributed by atoms with E-state index in [1.54, 1.807) is 0 Å². The van der Waals surface area contributed by atoms with Crippen LogP contribution in [0, 0.1) is 12.8 Å². The maximum atomic E-state index is 4.08. The molecule has 2 nitrogen and oxygen atoms in total. The molecule has 1 saturated heterocycles. The van der Waals surface area contributed by atoms with Crippen LogP contribution in [0.4, 0.5) is 5.69 Å². The Balaban J connectivity index is 1.90. The standard InChI is InChI=1S/C22H36N2/c1-6-8-20(9-7-2)17-23-12-14-24(15-13-23)21-10-11-22(18(3)4)19(5)16-21/h10-11,16,20H,3,6-9,12-15,17H2,1-2,4-5H3. The molecule has 0 N–H and O–H groups in total. The molecular formula is C22H36N2. The Morgan fingerprint density at radius 2 is 1.71 bits per heavy atom. The first-order chi connectivity index (χ1) is 11.5. The molecule has 0 aliphatic carbocycles. The number of nitrogens with zero attached hydrogens (tertiary/aromatic N) is 2. The highest BCUT2D eigenvalue weighted by atomic mass is 15.3. The topological polar surface area (TPSA) is 6.48 Å². The third-order valence-corrected chi connectivity index (χ3v) is 5.32. The number of hydrogen-bond acceptors (Lipinski definition) is 2. The highest BCUT2D eigenvalue weighted by Gasteiger charge is 2.20. The first-order valence-electron chi connectivity index (χ1n) is 9.79. The SMILES string of the molecule is C=C(C)c1ccc(N2CCN(CC(CCC)CCC)CC2)cc1C. The number of aryl methyl sites for hydroxylation is 1. The van der Waals surface area contributed by atoms with Crippen LogP contribution in [0.3, 0.4) is 0 Å². The molecular weight excluding hydrogens is 292 g/mol. The van der Waals surface area contributed by atoms with E-state index in [0.29, 0.717) is 0 Å². The second-order valence-electron chi connectivity index (χ2n) is 7.51. The Hall–Kier alpha value is -1.28. The lowest BCUT2D eigenvalue weighted by molar-refractivity contribution is 0.206. The van der Waals surface area contributed by atoms with E-state index in [0.717, 1.165) is 24.6 Å². The Kier molecular flexibility index (Phi) is 7.36. The van der Waals surface area contributed by atoms with Crippen molar-refractivity contribution in [2.45, 2.75) is 53.4 Å². The van der Waals surface area contributed by atoms with Crippen molar-refractivity contribution in [2.24, 2.45) is 5.92 Å². The molecule has 0 unspecified atom stereocenters. The van der Waals surface area contributed by atoms with Crippen LogP contribution in [0.25, 0.3) is 5.57 Å². The summed E-state index contributed by atoms with van der Waals surface area (Å²) in [6, 6.07) is 6.83. The molecule has 24 heavy (non-hydrogen) atoms. The summed E-state index contributed by atoms with van der Waals surface area (Å²) in [5.41, 5.74) is 5.16. The molecule has 2 heteroatoms. The number of benzene rings is 1. The molecule has 0 amide bonds. The lowest BCUT2D eigenvalue weighted by atomic mass is 9.97. The van der Waals surface area contributed by atoms with Gasteiger partial charge in [0.2, 0.25) is 0 Å². The van der Waals surface area contributed by atoms with E-state index in [-0.39, 0.29) is 0 Å². The van der Waals surface area contributed by atoms with E-state index in [1.165, 1.54) is 62.1 Å². The smallest absolute Gasteiger partial charge is 0.0370 e. The van der Waals surface area contributed by atoms with Crippen LogP contribution >= 0.6 is 0 Å². The van der Waals surface area contributed by atoms with Crippen molar-refractivity contribution in [2.75, 3.05) is 37.6 Å². The van der Waals surface area contributed by atoms with Crippen molar-refractivity contribution in [1.82, 2.24) is 4.90 Å². The number of anilines is 1. The Bertz CT molecular complexity index is 521. The van der Waals surface area contributed by atoms with Crippen molar-refractivity contribution in [3.8, 4) is 0 Å². The molecule has 1 aliphatic heterocycles. The number of hydrogen-bond donors (Lipinski definition) is 0. The zero-order valence-electron chi connectivity index (χ0n) is 16.3. The van der Waals surface area contributed by atoms with Gasteiger partial charge in [-0.25, -0.2) is 0 Å². The lowest BCUT2D eigenvalue weighted by Gasteiger charge is -2.38. The summed E-state index contributed by atoms with van der Waals surface area (Å²) >= 11 is 0. The summed E-state index contributed by atoms with van der Waals surface area (Å²) in [4.78, 5) is 5.22. The molecule has 0 atom stereocenters. The molecule has 0 radical (unpaired) electrons. The molecule has 0 bridgehead atoms. The minimum absolute atomic E-state index is 0.892. The summed E-state index contributed by atoms with van der Waals surface area (Å²) in [6.07, 6.45) is 5.41. The first-order valence-corrected chi connectivity index (χ1v) is 9.79. The van der Waals surface area contributed by atoms with Crippen molar-refractivity contribution in [3.05, 3.63) is 35.9 Å². The van der Waals surface area contributed by atoms with Gasteiger partial charge in [0.1, 0.15) is 0 Å². The van der Waals surface area contributed by atoms with Gasteiger partial charge in [-0.3, -0.25) is 4.90 Å². The molecule has 1 heterocycles. The van der Waals surface area contributed by atoms with Crippen molar-refractivity contribution in [3.63, 3.8) is 0 Å². The molecule has 2 rings (SSSR count). The van der Waals surface area contributed by atoms with Crippen LogP contribution in [0.2, 0.25) is 0 Å². The number of allylic oxidation sites excluding steroid dienone is 1. The van der Waals surface area contributed by atoms with E-state index in [9.17, 15) is 0 Å². The summed E-state index contributed by atoms with van der Waals surface area (Å²) in [5, 5.41) is 0. The van der Waals surface area contributed by atoms with E-state index in [1.807, 2.05) is 0 Å². The molecule has 0 spiro atoms. The lowest BCUT2D eigenvalue weighted by Crippen LogP contribution is -2.47. The van der Waals surface area contributed by atoms with Gasteiger partial charge in [0, 0.05) is 38.4 Å². The Morgan fingerprint density at radius 3 is 2.21 bits per heavy atom. The molecule has 134 valence electrons. The predicted molar refractivity (Wildman–Crippen MR) is 108 cm³/mol. The largest absolute Gasteiger partial charge is 0.369 e. The third-order valence-electron chi connectivity index (χ3n) is 5.32. The summed E-state index contributed by atoms with van der Waals surface area (Å²) in [5.74, 6) is 0.892. The fourth-order valence-corrected chi connectivity index (χ4v) is 4.02. The second kappa shape index (κ2) is 9.27. The van der Waals surface area contributed by atoms with Crippen LogP contribution in [0.15, 0.2) is 24.8 Å². The van der Waals surface area contributed by atoms with Gasteiger partial charge in [-0.15, -0.1) is 0 Å². The summed E-state index contributed by atoms with van der Waals surface area (Å²) < 4.78 is 0. The first kappa shape index (κ1) is 19.1. The number of piperazine rings is 1. The fraction of sp³-hybridized carbons (Fsp3) is 0.636. The molecule has 1 aromatic rings. The van der Waals surface area contributed by atoms with Gasteiger partial charge in [-0.2, -0.15) is 0 Å². The Morgan fingerprint density at radius 1 is 1.08 bits per heavy atom. The minimum Gasteiger partial charge on any atom is -0.369 e. The van der Waals surface area contributed by atoms with Crippen molar-refractivity contribution < 1.29 is 0 Å². The average molecular weight is 329 g/mol. The highest BCUT2D eigenvalue weighted by molar-refractivity contribution is 5.67. The van der Waals surface area contributed by atoms with Crippen LogP contribution < -0.4 is 4.90 Å². The van der Waals surface area contributed by atoms with E-state index in [2.05, 4.69) is 62.3 Å². The van der Waals surface area contributed by atoms with E-state index in [4.69, 9.17) is 0 Å². The van der Waals surface area contributed by atoms with Crippen molar-refractivity contribution in [1.29, 1.82) is 0 Å². The zero-order chi connectivity index (χ0) is 17.5. The maximum absolute atomic E-state index is 4.08. The van der Waals surface area contributed by atoms with Crippen molar-refractivity contribution >= 4 is 11.3 Å². The Labute approximate surface area is 149 Å². The summed E-state index contributed by atoms with van der Waals surface area (Å²) in [7, 11) is 0. The summed E-state index contributed by atoms with van der Waals surface area (Å²) in [6.45, 7) is 19.0. The van der Waals surface area contributed by atoms with E-state index >= 15 is 0 Å². The van der Waals surface area contributed by atoms with Crippen LogP contribution in [0.5, 0.6) is 0 Å². The van der Waals surface area contributed by atoms with Gasteiger partial charge in [0.15, 0.2) is 0 Å². The van der Waals surface area contributed by atoms with E-state index < -0.39 is 0 Å². The second-order valence-corrected chi connectivity index (χ2v) is 7.51. The predicted octanol–water partition coefficient (Wildman–Crippen LogP) is 5.37. The average Bonchev–Trinajstić information content (AvgIpc) is 2.55. The van der Waals surface area contributed by atoms with Crippen LogP contribution in [-0.2, 0) is 0 Å². The molecule has 1 aromatic carbocycles. The fourth-order valence-electron chi connectivity index (χ4n) is 4.02. The molecule has 1 aliphatic rings. The monoisotopic (exact) mass is 328 g/mol. The normalized spacial score (nSPS) is 16.0. The van der Waals surface area contributed by atoms with Crippen LogP contribution in [-0.4, -0.2) is 37.6 Å². The van der Waals surface area contributed by atoms with Gasteiger partial charge in [0.25, 0.3) is 0 Å². The van der Waals surface area contributed by atoms with Gasteiger partial charge >= 0.3 is 0 Å².